The quantitative estimate of drug-likeness (QED) is 0.754. The molecule has 2 atom stereocenters. The first-order chi connectivity index (χ1) is 11.6. The standard InChI is InChI=1S/C17H31N3O5/c1-17(2,3)25-16(23)20-10-9-12(15(22)19(5)24-6)11-13(20)7-8-14(21)18-4/h12-13H,7-11H2,1-6H3,(H,18,21). The molecule has 8 heteroatoms. The van der Waals surface area contributed by atoms with E-state index in [9.17, 15) is 14.4 Å². The van der Waals surface area contributed by atoms with Crippen molar-refractivity contribution < 1.29 is 24.0 Å². The molecular weight excluding hydrogens is 326 g/mol. The molecule has 2 unspecified atom stereocenters. The molecule has 0 bridgehead atoms. The van der Waals surface area contributed by atoms with E-state index in [1.807, 2.05) is 20.8 Å². The van der Waals surface area contributed by atoms with E-state index in [4.69, 9.17) is 9.57 Å². The van der Waals surface area contributed by atoms with Gasteiger partial charge in [0.2, 0.25) is 11.8 Å². The van der Waals surface area contributed by atoms with E-state index in [2.05, 4.69) is 5.32 Å². The minimum absolute atomic E-state index is 0.0911. The van der Waals surface area contributed by atoms with Crippen LogP contribution in [0.15, 0.2) is 0 Å². The summed E-state index contributed by atoms with van der Waals surface area (Å²) >= 11 is 0. The Morgan fingerprint density at radius 3 is 2.44 bits per heavy atom. The minimum atomic E-state index is -0.592. The van der Waals surface area contributed by atoms with Crippen molar-refractivity contribution in [2.24, 2.45) is 5.92 Å². The van der Waals surface area contributed by atoms with Gasteiger partial charge in [-0.25, -0.2) is 9.86 Å². The molecule has 1 aliphatic heterocycles. The first-order valence-electron chi connectivity index (χ1n) is 8.61. The van der Waals surface area contributed by atoms with E-state index >= 15 is 0 Å². The lowest BCUT2D eigenvalue weighted by Gasteiger charge is -2.40. The fourth-order valence-electron chi connectivity index (χ4n) is 2.88. The zero-order valence-corrected chi connectivity index (χ0v) is 16.1. The van der Waals surface area contributed by atoms with Crippen LogP contribution in [-0.4, -0.2) is 67.3 Å². The van der Waals surface area contributed by atoms with Crippen molar-refractivity contribution in [2.45, 2.75) is 58.1 Å². The molecule has 1 N–H and O–H groups in total. The molecule has 0 aromatic rings. The van der Waals surface area contributed by atoms with Crippen molar-refractivity contribution in [3.63, 3.8) is 0 Å². The molecule has 1 fully saturated rings. The number of hydrogen-bond donors (Lipinski definition) is 1. The summed E-state index contributed by atoms with van der Waals surface area (Å²) in [5, 5.41) is 3.79. The van der Waals surface area contributed by atoms with Gasteiger partial charge in [-0.05, 0) is 40.0 Å². The summed E-state index contributed by atoms with van der Waals surface area (Å²) in [5.41, 5.74) is -0.592. The van der Waals surface area contributed by atoms with Crippen LogP contribution in [0.2, 0.25) is 0 Å². The van der Waals surface area contributed by atoms with Crippen molar-refractivity contribution in [1.82, 2.24) is 15.3 Å². The van der Waals surface area contributed by atoms with Gasteiger partial charge in [-0.2, -0.15) is 0 Å². The lowest BCUT2D eigenvalue weighted by Crippen LogP contribution is -2.50. The normalized spacial score (nSPS) is 20.8. The lowest BCUT2D eigenvalue weighted by atomic mass is 9.88. The molecule has 0 saturated carbocycles. The number of hydroxylamine groups is 2. The molecule has 0 aromatic heterocycles. The van der Waals surface area contributed by atoms with Crippen molar-refractivity contribution in [1.29, 1.82) is 0 Å². The van der Waals surface area contributed by atoms with Crippen LogP contribution in [0.25, 0.3) is 0 Å². The molecule has 1 heterocycles. The topological polar surface area (TPSA) is 88.2 Å². The van der Waals surface area contributed by atoms with Gasteiger partial charge in [0.1, 0.15) is 5.60 Å². The van der Waals surface area contributed by atoms with Gasteiger partial charge in [-0.3, -0.25) is 14.4 Å². The maximum Gasteiger partial charge on any atom is 0.410 e. The second kappa shape index (κ2) is 9.03. The van der Waals surface area contributed by atoms with Crippen LogP contribution in [0.5, 0.6) is 0 Å². The molecule has 3 amide bonds. The number of rotatable bonds is 5. The second-order valence-electron chi connectivity index (χ2n) is 7.28. The molecule has 144 valence electrons. The average Bonchev–Trinajstić information content (AvgIpc) is 2.56. The van der Waals surface area contributed by atoms with Crippen LogP contribution in [-0.2, 0) is 19.2 Å². The van der Waals surface area contributed by atoms with Gasteiger partial charge >= 0.3 is 6.09 Å². The molecule has 1 rings (SSSR count). The summed E-state index contributed by atoms with van der Waals surface area (Å²) in [6, 6.07) is -0.222. The summed E-state index contributed by atoms with van der Waals surface area (Å²) in [6.45, 7) is 5.86. The van der Waals surface area contributed by atoms with Gasteiger partial charge in [-0.1, -0.05) is 0 Å². The third-order valence-electron chi connectivity index (χ3n) is 4.26. The lowest BCUT2D eigenvalue weighted by molar-refractivity contribution is -0.175. The Labute approximate surface area is 149 Å². The molecule has 8 nitrogen and oxygen atoms in total. The zero-order chi connectivity index (χ0) is 19.2. The van der Waals surface area contributed by atoms with Crippen molar-refractivity contribution in [3.8, 4) is 0 Å². The molecule has 0 radical (unpaired) electrons. The van der Waals surface area contributed by atoms with Gasteiger partial charge in [0, 0.05) is 39.0 Å². The van der Waals surface area contributed by atoms with E-state index in [0.717, 1.165) is 0 Å². The fourth-order valence-corrected chi connectivity index (χ4v) is 2.88. The van der Waals surface area contributed by atoms with E-state index in [-0.39, 0.29) is 23.8 Å². The minimum Gasteiger partial charge on any atom is -0.444 e. The Morgan fingerprint density at radius 2 is 1.92 bits per heavy atom. The number of nitrogens with one attached hydrogen (secondary N) is 1. The number of hydrogen-bond acceptors (Lipinski definition) is 5. The number of likely N-dealkylation sites (tertiary alicyclic amines) is 1. The van der Waals surface area contributed by atoms with Crippen LogP contribution in [0.4, 0.5) is 4.79 Å². The van der Waals surface area contributed by atoms with Gasteiger partial charge in [-0.15, -0.1) is 0 Å². The van der Waals surface area contributed by atoms with Gasteiger partial charge in [0.05, 0.1) is 7.11 Å². The SMILES string of the molecule is CNC(=O)CCC1CC(C(=O)N(C)OC)CCN1C(=O)OC(C)(C)C. The summed E-state index contributed by atoms with van der Waals surface area (Å²) in [5.74, 6) is -0.443. The van der Waals surface area contributed by atoms with Gasteiger partial charge in [0.15, 0.2) is 0 Å². The third-order valence-corrected chi connectivity index (χ3v) is 4.26. The predicted octanol–water partition coefficient (Wildman–Crippen LogP) is 1.55. The number of amides is 3. The highest BCUT2D eigenvalue weighted by atomic mass is 16.7. The van der Waals surface area contributed by atoms with Gasteiger partial charge < -0.3 is 15.0 Å². The Balaban J connectivity index is 2.84. The van der Waals surface area contributed by atoms with Crippen LogP contribution >= 0.6 is 0 Å². The fraction of sp³-hybridized carbons (Fsp3) is 0.824. The summed E-state index contributed by atoms with van der Waals surface area (Å²) in [6.07, 6.45) is 1.41. The van der Waals surface area contributed by atoms with Crippen molar-refractivity contribution in [2.75, 3.05) is 27.7 Å². The van der Waals surface area contributed by atoms with Crippen molar-refractivity contribution in [3.05, 3.63) is 0 Å². The van der Waals surface area contributed by atoms with E-state index in [1.165, 1.54) is 12.2 Å². The highest BCUT2D eigenvalue weighted by Gasteiger charge is 2.37. The number of nitrogens with zero attached hydrogens (tertiary/aromatic N) is 2. The first kappa shape index (κ1) is 21.2. The first-order valence-corrected chi connectivity index (χ1v) is 8.61. The smallest absolute Gasteiger partial charge is 0.410 e. The molecular formula is C17H31N3O5. The third kappa shape index (κ3) is 6.53. The average molecular weight is 357 g/mol. The van der Waals surface area contributed by atoms with Crippen LogP contribution in [0.3, 0.4) is 0 Å². The van der Waals surface area contributed by atoms with Crippen LogP contribution in [0.1, 0.15) is 46.5 Å². The zero-order valence-electron chi connectivity index (χ0n) is 16.1. The largest absolute Gasteiger partial charge is 0.444 e. The maximum atomic E-state index is 12.5. The van der Waals surface area contributed by atoms with Crippen LogP contribution < -0.4 is 5.32 Å². The number of carbonyl (C=O) groups excluding carboxylic acids is 3. The predicted molar refractivity (Wildman–Crippen MR) is 92.5 cm³/mol. The Hall–Kier alpha value is -1.83. The molecule has 0 spiro atoms. The Kier molecular flexibility index (Phi) is 7.66. The number of carbonyl (C=O) groups is 3. The maximum absolute atomic E-state index is 12.5. The molecule has 1 saturated heterocycles. The second-order valence-corrected chi connectivity index (χ2v) is 7.28. The highest BCUT2D eigenvalue weighted by molar-refractivity contribution is 5.78. The molecule has 1 aliphatic rings. The van der Waals surface area contributed by atoms with E-state index < -0.39 is 11.7 Å². The summed E-state index contributed by atoms with van der Waals surface area (Å²) < 4.78 is 5.47. The van der Waals surface area contributed by atoms with E-state index in [0.29, 0.717) is 32.2 Å². The molecule has 25 heavy (non-hydrogen) atoms. The molecule has 0 aromatic carbocycles. The number of ether oxygens (including phenoxy) is 1. The van der Waals surface area contributed by atoms with Gasteiger partial charge in [0.25, 0.3) is 0 Å². The Morgan fingerprint density at radius 1 is 1.28 bits per heavy atom. The Bertz CT molecular complexity index is 489. The molecule has 0 aliphatic carbocycles. The summed E-state index contributed by atoms with van der Waals surface area (Å²) in [4.78, 5) is 43.1. The monoisotopic (exact) mass is 357 g/mol. The summed E-state index contributed by atoms with van der Waals surface area (Å²) in [7, 11) is 4.59. The van der Waals surface area contributed by atoms with E-state index in [1.54, 1.807) is 19.0 Å². The highest BCUT2D eigenvalue weighted by Crippen LogP contribution is 2.28. The van der Waals surface area contributed by atoms with Crippen molar-refractivity contribution >= 4 is 17.9 Å². The van der Waals surface area contributed by atoms with Crippen LogP contribution in [0, 0.1) is 5.92 Å². The number of piperidine rings is 1.